The molecule has 104 valence electrons. The van der Waals surface area contributed by atoms with Gasteiger partial charge in [-0.2, -0.15) is 0 Å². The zero-order valence-electron chi connectivity index (χ0n) is 10.9. The van der Waals surface area contributed by atoms with Gasteiger partial charge < -0.3 is 5.32 Å². The first-order valence-electron chi connectivity index (χ1n) is 6.14. The first kappa shape index (κ1) is 14.6. The highest BCUT2D eigenvalue weighted by Crippen LogP contribution is 2.25. The number of halogens is 1. The average Bonchev–Trinajstić information content (AvgIpc) is 2.46. The number of benzene rings is 1. The summed E-state index contributed by atoms with van der Waals surface area (Å²) in [7, 11) is 0. The van der Waals surface area contributed by atoms with Crippen molar-refractivity contribution in [1.29, 1.82) is 0 Å². The van der Waals surface area contributed by atoms with Gasteiger partial charge in [-0.05, 0) is 52.2 Å². The van der Waals surface area contributed by atoms with Gasteiger partial charge in [0.15, 0.2) is 0 Å². The van der Waals surface area contributed by atoms with Crippen molar-refractivity contribution in [2.75, 3.05) is 0 Å². The van der Waals surface area contributed by atoms with Crippen LogP contribution in [-0.2, 0) is 6.54 Å². The molecule has 1 unspecified atom stereocenters. The Labute approximate surface area is 125 Å². The molecular weight excluding hydrogens is 322 g/mol. The van der Waals surface area contributed by atoms with Crippen molar-refractivity contribution < 1.29 is 4.92 Å². The summed E-state index contributed by atoms with van der Waals surface area (Å²) in [6.07, 6.45) is 3.50. The van der Waals surface area contributed by atoms with E-state index in [0.29, 0.717) is 11.0 Å². The van der Waals surface area contributed by atoms with Crippen molar-refractivity contribution in [2.45, 2.75) is 19.5 Å². The van der Waals surface area contributed by atoms with Gasteiger partial charge in [-0.25, -0.2) is 0 Å². The SMILES string of the molecule is CC(NCc1ccc(Br)c([N+](=O)[O-])c1)c1ccncc1. The monoisotopic (exact) mass is 335 g/mol. The zero-order chi connectivity index (χ0) is 14.5. The molecule has 0 aliphatic rings. The number of hydrogen-bond acceptors (Lipinski definition) is 4. The second kappa shape index (κ2) is 6.58. The van der Waals surface area contributed by atoms with Gasteiger partial charge in [-0.1, -0.05) is 6.07 Å². The topological polar surface area (TPSA) is 68.1 Å². The maximum absolute atomic E-state index is 10.9. The molecule has 0 saturated carbocycles. The van der Waals surface area contributed by atoms with Crippen molar-refractivity contribution in [3.63, 3.8) is 0 Å². The molecule has 0 radical (unpaired) electrons. The Morgan fingerprint density at radius 3 is 2.70 bits per heavy atom. The summed E-state index contributed by atoms with van der Waals surface area (Å²) >= 11 is 3.18. The van der Waals surface area contributed by atoms with Gasteiger partial charge in [0.05, 0.1) is 9.40 Å². The minimum absolute atomic E-state index is 0.0841. The molecule has 1 atom stereocenters. The summed E-state index contributed by atoms with van der Waals surface area (Å²) in [6, 6.07) is 9.19. The van der Waals surface area contributed by atoms with Crippen LogP contribution in [-0.4, -0.2) is 9.91 Å². The van der Waals surface area contributed by atoms with E-state index >= 15 is 0 Å². The standard InChI is InChI=1S/C14H14BrN3O2/c1-10(12-4-6-16-7-5-12)17-9-11-2-3-13(15)14(8-11)18(19)20/h2-8,10,17H,9H2,1H3. The van der Waals surface area contributed by atoms with Crippen molar-refractivity contribution in [1.82, 2.24) is 10.3 Å². The minimum Gasteiger partial charge on any atom is -0.306 e. The summed E-state index contributed by atoms with van der Waals surface area (Å²) in [5.74, 6) is 0. The van der Waals surface area contributed by atoms with Crippen molar-refractivity contribution in [2.24, 2.45) is 0 Å². The van der Waals surface area contributed by atoms with Crippen LogP contribution in [0.4, 0.5) is 5.69 Å². The highest BCUT2D eigenvalue weighted by Gasteiger charge is 2.12. The molecule has 1 aromatic heterocycles. The molecular formula is C14H14BrN3O2. The smallest absolute Gasteiger partial charge is 0.283 e. The normalized spacial score (nSPS) is 12.1. The van der Waals surface area contributed by atoms with Crippen LogP contribution in [0.5, 0.6) is 0 Å². The third-order valence-electron chi connectivity index (χ3n) is 3.03. The van der Waals surface area contributed by atoms with Crippen molar-refractivity contribution in [3.05, 3.63) is 68.4 Å². The van der Waals surface area contributed by atoms with Crippen LogP contribution in [0.25, 0.3) is 0 Å². The quantitative estimate of drug-likeness (QED) is 0.669. The Hall–Kier alpha value is -1.79. The molecule has 5 nitrogen and oxygen atoms in total. The number of hydrogen-bond donors (Lipinski definition) is 1. The molecule has 0 amide bonds. The van der Waals surface area contributed by atoms with Gasteiger partial charge in [-0.3, -0.25) is 15.1 Å². The second-order valence-electron chi connectivity index (χ2n) is 4.43. The Balaban J connectivity index is 2.04. The molecule has 20 heavy (non-hydrogen) atoms. The van der Waals surface area contributed by atoms with E-state index in [9.17, 15) is 10.1 Å². The van der Waals surface area contributed by atoms with Gasteiger partial charge in [0.1, 0.15) is 0 Å². The van der Waals surface area contributed by atoms with Gasteiger partial charge in [0, 0.05) is 31.0 Å². The van der Waals surface area contributed by atoms with E-state index in [2.05, 4.69) is 26.2 Å². The number of rotatable bonds is 5. The van der Waals surface area contributed by atoms with Crippen LogP contribution >= 0.6 is 15.9 Å². The molecule has 1 N–H and O–H groups in total. The highest BCUT2D eigenvalue weighted by atomic mass is 79.9. The van der Waals surface area contributed by atoms with Crippen LogP contribution < -0.4 is 5.32 Å². The van der Waals surface area contributed by atoms with E-state index < -0.39 is 0 Å². The minimum atomic E-state index is -0.389. The summed E-state index contributed by atoms with van der Waals surface area (Å²) in [5, 5.41) is 14.2. The number of nitrogens with one attached hydrogen (secondary N) is 1. The molecule has 2 rings (SSSR count). The fourth-order valence-electron chi connectivity index (χ4n) is 1.85. The first-order chi connectivity index (χ1) is 9.58. The van der Waals surface area contributed by atoms with Gasteiger partial charge in [0.25, 0.3) is 5.69 Å². The zero-order valence-corrected chi connectivity index (χ0v) is 12.5. The molecule has 0 bridgehead atoms. The van der Waals surface area contributed by atoms with Crippen molar-refractivity contribution >= 4 is 21.6 Å². The van der Waals surface area contributed by atoms with E-state index in [-0.39, 0.29) is 16.7 Å². The summed E-state index contributed by atoms with van der Waals surface area (Å²) < 4.78 is 0.494. The Bertz CT molecular complexity index is 605. The lowest BCUT2D eigenvalue weighted by atomic mass is 10.1. The number of pyridine rings is 1. The van der Waals surface area contributed by atoms with Gasteiger partial charge >= 0.3 is 0 Å². The third-order valence-corrected chi connectivity index (χ3v) is 3.70. The molecule has 1 heterocycles. The molecule has 1 aromatic carbocycles. The fourth-order valence-corrected chi connectivity index (χ4v) is 2.24. The van der Waals surface area contributed by atoms with Gasteiger partial charge in [0.2, 0.25) is 0 Å². The fraction of sp³-hybridized carbons (Fsp3) is 0.214. The molecule has 0 aliphatic heterocycles. The first-order valence-corrected chi connectivity index (χ1v) is 6.93. The van der Waals surface area contributed by atoms with Crippen LogP contribution in [0.3, 0.4) is 0 Å². The average molecular weight is 336 g/mol. The lowest BCUT2D eigenvalue weighted by molar-refractivity contribution is -0.385. The van der Waals surface area contributed by atoms with E-state index in [0.717, 1.165) is 11.1 Å². The molecule has 2 aromatic rings. The second-order valence-corrected chi connectivity index (χ2v) is 5.28. The third kappa shape index (κ3) is 3.61. The molecule has 0 spiro atoms. The number of nitrogens with zero attached hydrogens (tertiary/aromatic N) is 2. The number of nitro groups is 1. The predicted molar refractivity (Wildman–Crippen MR) is 80.3 cm³/mol. The lowest BCUT2D eigenvalue weighted by Gasteiger charge is -2.14. The largest absolute Gasteiger partial charge is 0.306 e. The molecule has 6 heteroatoms. The Morgan fingerprint density at radius 1 is 1.35 bits per heavy atom. The number of aromatic nitrogens is 1. The molecule has 0 saturated heterocycles. The summed E-state index contributed by atoms with van der Waals surface area (Å²) in [5.41, 5.74) is 2.09. The van der Waals surface area contributed by atoms with Gasteiger partial charge in [-0.15, -0.1) is 0 Å². The van der Waals surface area contributed by atoms with E-state index in [4.69, 9.17) is 0 Å². The van der Waals surface area contributed by atoms with E-state index in [1.165, 1.54) is 0 Å². The highest BCUT2D eigenvalue weighted by molar-refractivity contribution is 9.10. The maximum atomic E-state index is 10.9. The van der Waals surface area contributed by atoms with Crippen molar-refractivity contribution in [3.8, 4) is 0 Å². The molecule has 0 aliphatic carbocycles. The summed E-state index contributed by atoms with van der Waals surface area (Å²) in [4.78, 5) is 14.5. The summed E-state index contributed by atoms with van der Waals surface area (Å²) in [6.45, 7) is 2.61. The maximum Gasteiger partial charge on any atom is 0.283 e. The molecule has 0 fully saturated rings. The van der Waals surface area contributed by atoms with E-state index in [1.54, 1.807) is 24.5 Å². The van der Waals surface area contributed by atoms with Crippen LogP contribution in [0.2, 0.25) is 0 Å². The number of nitro benzene ring substituents is 1. The van der Waals surface area contributed by atoms with E-state index in [1.807, 2.05) is 25.1 Å². The van der Waals surface area contributed by atoms with Crippen LogP contribution in [0, 0.1) is 10.1 Å². The van der Waals surface area contributed by atoms with Crippen LogP contribution in [0.1, 0.15) is 24.1 Å². The van der Waals surface area contributed by atoms with Crippen LogP contribution in [0.15, 0.2) is 47.2 Å². The Kier molecular flexibility index (Phi) is 4.81. The predicted octanol–water partition coefficient (Wildman–Crippen LogP) is 3.60. The lowest BCUT2D eigenvalue weighted by Crippen LogP contribution is -2.18. The Morgan fingerprint density at radius 2 is 2.05 bits per heavy atom.